The Kier molecular flexibility index (Phi) is 6.38. The number of anilines is 1. The molecule has 0 bridgehead atoms. The van der Waals surface area contributed by atoms with Crippen molar-refractivity contribution in [3.8, 4) is 0 Å². The highest BCUT2D eigenvalue weighted by molar-refractivity contribution is 7.89. The van der Waals surface area contributed by atoms with Crippen LogP contribution >= 0.6 is 0 Å². The molecule has 7 nitrogen and oxygen atoms in total. The van der Waals surface area contributed by atoms with Crippen LogP contribution in [0.1, 0.15) is 50.8 Å². The first kappa shape index (κ1) is 21.5. The fraction of sp³-hybridized carbons (Fsp3) is 0.391. The Labute approximate surface area is 182 Å². The van der Waals surface area contributed by atoms with Crippen LogP contribution in [0.25, 0.3) is 11.0 Å². The molecule has 2 heterocycles. The number of piperidine rings is 1. The molecular weight excluding hydrogens is 412 g/mol. The third-order valence-electron chi connectivity index (χ3n) is 5.78. The molecule has 0 spiro atoms. The summed E-state index contributed by atoms with van der Waals surface area (Å²) in [5.41, 5.74) is 2.56. The molecule has 0 saturated carbocycles. The lowest BCUT2D eigenvalue weighted by Gasteiger charge is -2.30. The van der Waals surface area contributed by atoms with E-state index in [9.17, 15) is 13.2 Å². The molecule has 2 N–H and O–H groups in total. The molecule has 164 valence electrons. The van der Waals surface area contributed by atoms with Crippen molar-refractivity contribution in [2.24, 2.45) is 0 Å². The van der Waals surface area contributed by atoms with Gasteiger partial charge in [-0.2, -0.15) is 4.31 Å². The van der Waals surface area contributed by atoms with Crippen LogP contribution < -0.4 is 5.32 Å². The zero-order chi connectivity index (χ0) is 21.8. The van der Waals surface area contributed by atoms with Crippen LogP contribution in [0.5, 0.6) is 0 Å². The number of imidazole rings is 1. The number of rotatable bonds is 7. The van der Waals surface area contributed by atoms with Gasteiger partial charge >= 0.3 is 0 Å². The molecule has 1 amide bonds. The molecule has 8 heteroatoms. The number of para-hydroxylation sites is 2. The van der Waals surface area contributed by atoms with Gasteiger partial charge in [0.2, 0.25) is 15.9 Å². The number of sulfonamides is 1. The molecule has 4 rings (SSSR count). The normalized spacial score (nSPS) is 15.9. The summed E-state index contributed by atoms with van der Waals surface area (Å²) >= 11 is 0. The summed E-state index contributed by atoms with van der Waals surface area (Å²) in [6.07, 6.45) is 3.71. The van der Waals surface area contributed by atoms with Gasteiger partial charge in [0.15, 0.2) is 0 Å². The standard InChI is InChI=1S/C23H28N4O3S/c1-2-3-8-22(28)24-18-9-11-19(12-10-18)31(29,30)27-15-13-17(14-16-27)23-25-20-6-4-5-7-21(20)26-23/h4-7,9-12,17H,2-3,8,13-16H2,1H3,(H,24,28)(H,25,26). The van der Waals surface area contributed by atoms with Crippen molar-refractivity contribution >= 4 is 32.7 Å². The number of nitrogens with zero attached hydrogens (tertiary/aromatic N) is 2. The van der Waals surface area contributed by atoms with E-state index in [1.54, 1.807) is 28.6 Å². The Bertz CT molecular complexity index is 1110. The quantitative estimate of drug-likeness (QED) is 0.574. The number of nitrogens with one attached hydrogen (secondary N) is 2. The predicted octanol–water partition coefficient (Wildman–Crippen LogP) is 4.26. The van der Waals surface area contributed by atoms with E-state index >= 15 is 0 Å². The first-order valence-corrected chi connectivity index (χ1v) is 12.3. The number of amides is 1. The highest BCUT2D eigenvalue weighted by Gasteiger charge is 2.31. The molecule has 0 atom stereocenters. The second kappa shape index (κ2) is 9.20. The van der Waals surface area contributed by atoms with Crippen LogP contribution in [0, 0.1) is 0 Å². The molecule has 31 heavy (non-hydrogen) atoms. The summed E-state index contributed by atoms with van der Waals surface area (Å²) < 4.78 is 27.7. The predicted molar refractivity (Wildman–Crippen MR) is 121 cm³/mol. The number of carbonyl (C=O) groups is 1. The van der Waals surface area contributed by atoms with Gasteiger partial charge in [-0.25, -0.2) is 13.4 Å². The summed E-state index contributed by atoms with van der Waals surface area (Å²) in [5.74, 6) is 1.10. The minimum atomic E-state index is -3.56. The van der Waals surface area contributed by atoms with Crippen molar-refractivity contribution in [3.63, 3.8) is 0 Å². The first-order valence-electron chi connectivity index (χ1n) is 10.8. The van der Waals surface area contributed by atoms with Crippen LogP contribution in [0.2, 0.25) is 0 Å². The van der Waals surface area contributed by atoms with Crippen molar-refractivity contribution in [1.82, 2.24) is 14.3 Å². The summed E-state index contributed by atoms with van der Waals surface area (Å²) in [6.45, 7) is 2.95. The van der Waals surface area contributed by atoms with E-state index < -0.39 is 10.0 Å². The van der Waals surface area contributed by atoms with Crippen molar-refractivity contribution in [3.05, 3.63) is 54.4 Å². The van der Waals surface area contributed by atoms with E-state index in [2.05, 4.69) is 15.3 Å². The zero-order valence-corrected chi connectivity index (χ0v) is 18.5. The number of aromatic nitrogens is 2. The monoisotopic (exact) mass is 440 g/mol. The summed E-state index contributed by atoms with van der Waals surface area (Å²) in [4.78, 5) is 20.2. The van der Waals surface area contributed by atoms with Crippen molar-refractivity contribution in [2.45, 2.75) is 49.8 Å². The topological polar surface area (TPSA) is 95.2 Å². The Morgan fingerprint density at radius 1 is 1.13 bits per heavy atom. The van der Waals surface area contributed by atoms with E-state index in [0.717, 1.165) is 42.5 Å². The van der Waals surface area contributed by atoms with E-state index in [0.29, 0.717) is 25.2 Å². The maximum Gasteiger partial charge on any atom is 0.243 e. The highest BCUT2D eigenvalue weighted by Crippen LogP contribution is 2.30. The Morgan fingerprint density at radius 2 is 1.84 bits per heavy atom. The van der Waals surface area contributed by atoms with Crippen LogP contribution in [0.4, 0.5) is 5.69 Å². The molecule has 0 aliphatic carbocycles. The first-order chi connectivity index (χ1) is 15.0. The van der Waals surface area contributed by atoms with Gasteiger partial charge in [-0.05, 0) is 55.7 Å². The van der Waals surface area contributed by atoms with E-state index in [1.807, 2.05) is 31.2 Å². The molecule has 0 unspecified atom stereocenters. The number of fused-ring (bicyclic) bond motifs is 1. The maximum atomic E-state index is 13.1. The second-order valence-electron chi connectivity index (χ2n) is 7.99. The van der Waals surface area contributed by atoms with Crippen LogP contribution in [0.3, 0.4) is 0 Å². The lowest BCUT2D eigenvalue weighted by atomic mass is 9.97. The Morgan fingerprint density at radius 3 is 2.52 bits per heavy atom. The summed E-state index contributed by atoms with van der Waals surface area (Å²) in [7, 11) is -3.56. The van der Waals surface area contributed by atoms with Crippen molar-refractivity contribution in [2.75, 3.05) is 18.4 Å². The maximum absolute atomic E-state index is 13.1. The Hall–Kier alpha value is -2.71. The SMILES string of the molecule is CCCCC(=O)Nc1ccc(S(=O)(=O)N2CCC(c3nc4ccccc4[nH]3)CC2)cc1. The summed E-state index contributed by atoms with van der Waals surface area (Å²) in [6, 6.07) is 14.3. The molecule has 1 saturated heterocycles. The molecule has 1 aliphatic rings. The molecule has 0 radical (unpaired) electrons. The number of H-pyrrole nitrogens is 1. The van der Waals surface area contributed by atoms with Gasteiger partial charge in [0.25, 0.3) is 0 Å². The third-order valence-corrected chi connectivity index (χ3v) is 7.69. The number of aromatic amines is 1. The zero-order valence-electron chi connectivity index (χ0n) is 17.7. The van der Waals surface area contributed by atoms with Gasteiger partial charge in [-0.3, -0.25) is 4.79 Å². The molecule has 1 aromatic heterocycles. The molecule has 3 aromatic rings. The van der Waals surface area contributed by atoms with E-state index in [-0.39, 0.29) is 16.7 Å². The lowest BCUT2D eigenvalue weighted by molar-refractivity contribution is -0.116. The van der Waals surface area contributed by atoms with E-state index in [4.69, 9.17) is 0 Å². The average molecular weight is 441 g/mol. The smallest absolute Gasteiger partial charge is 0.243 e. The number of benzene rings is 2. The minimum absolute atomic E-state index is 0.0508. The average Bonchev–Trinajstić information content (AvgIpc) is 3.22. The lowest BCUT2D eigenvalue weighted by Crippen LogP contribution is -2.38. The number of carbonyl (C=O) groups excluding carboxylic acids is 1. The third kappa shape index (κ3) is 4.80. The minimum Gasteiger partial charge on any atom is -0.342 e. The fourth-order valence-electron chi connectivity index (χ4n) is 3.96. The number of hydrogen-bond acceptors (Lipinski definition) is 4. The number of hydrogen-bond donors (Lipinski definition) is 2. The molecule has 1 fully saturated rings. The molecule has 1 aliphatic heterocycles. The van der Waals surface area contributed by atoms with Gasteiger partial charge in [-0.1, -0.05) is 25.5 Å². The van der Waals surface area contributed by atoms with Crippen LogP contribution in [-0.2, 0) is 14.8 Å². The van der Waals surface area contributed by atoms with Crippen molar-refractivity contribution < 1.29 is 13.2 Å². The number of unbranched alkanes of at least 4 members (excludes halogenated alkanes) is 1. The van der Waals surface area contributed by atoms with Gasteiger partial charge in [0.05, 0.1) is 15.9 Å². The second-order valence-corrected chi connectivity index (χ2v) is 9.93. The molecule has 2 aromatic carbocycles. The fourth-order valence-corrected chi connectivity index (χ4v) is 5.43. The van der Waals surface area contributed by atoms with Crippen LogP contribution in [-0.4, -0.2) is 41.7 Å². The summed E-state index contributed by atoms with van der Waals surface area (Å²) in [5, 5.41) is 2.81. The van der Waals surface area contributed by atoms with Crippen LogP contribution in [0.15, 0.2) is 53.4 Å². The van der Waals surface area contributed by atoms with Gasteiger partial charge in [0, 0.05) is 31.1 Å². The van der Waals surface area contributed by atoms with Gasteiger partial charge in [0.1, 0.15) is 5.82 Å². The van der Waals surface area contributed by atoms with Gasteiger partial charge in [-0.15, -0.1) is 0 Å². The van der Waals surface area contributed by atoms with Crippen molar-refractivity contribution in [1.29, 1.82) is 0 Å². The van der Waals surface area contributed by atoms with E-state index in [1.165, 1.54) is 0 Å². The largest absolute Gasteiger partial charge is 0.342 e. The Balaban J connectivity index is 1.38. The highest BCUT2D eigenvalue weighted by atomic mass is 32.2. The van der Waals surface area contributed by atoms with Gasteiger partial charge < -0.3 is 10.3 Å². The molecular formula is C23H28N4O3S.